The van der Waals surface area contributed by atoms with Crippen LogP contribution in [0.15, 0.2) is 18.3 Å². The van der Waals surface area contributed by atoms with E-state index >= 15 is 0 Å². The normalized spacial score (nSPS) is 26.1. The molecule has 0 aromatic carbocycles. The van der Waals surface area contributed by atoms with E-state index in [-0.39, 0.29) is 12.1 Å². The summed E-state index contributed by atoms with van der Waals surface area (Å²) in [6.07, 6.45) is 6.72. The summed E-state index contributed by atoms with van der Waals surface area (Å²) in [4.78, 5) is 4.18. The Labute approximate surface area is 101 Å². The zero-order valence-electron chi connectivity index (χ0n) is 9.19. The third-order valence-electron chi connectivity index (χ3n) is 3.06. The zero-order valence-corrected chi connectivity index (χ0v) is 9.95. The SMILES string of the molecule is OC1CCCCCC1Nc1ncccc1Cl. The third kappa shape index (κ3) is 2.86. The molecule has 2 atom stereocenters. The van der Waals surface area contributed by atoms with Crippen molar-refractivity contribution in [3.05, 3.63) is 23.4 Å². The van der Waals surface area contributed by atoms with Crippen molar-refractivity contribution in [2.75, 3.05) is 5.32 Å². The first-order chi connectivity index (χ1) is 7.77. The van der Waals surface area contributed by atoms with Crippen LogP contribution in [0.2, 0.25) is 5.02 Å². The lowest BCUT2D eigenvalue weighted by atomic mass is 10.1. The molecular formula is C12H17ClN2O. The van der Waals surface area contributed by atoms with Crippen LogP contribution in [-0.2, 0) is 0 Å². The van der Waals surface area contributed by atoms with Gasteiger partial charge >= 0.3 is 0 Å². The van der Waals surface area contributed by atoms with Gasteiger partial charge in [0.15, 0.2) is 0 Å². The van der Waals surface area contributed by atoms with Gasteiger partial charge < -0.3 is 10.4 Å². The topological polar surface area (TPSA) is 45.1 Å². The molecule has 88 valence electrons. The van der Waals surface area contributed by atoms with Crippen LogP contribution >= 0.6 is 11.6 Å². The van der Waals surface area contributed by atoms with Crippen LogP contribution < -0.4 is 5.32 Å². The number of halogens is 1. The van der Waals surface area contributed by atoms with Gasteiger partial charge in [-0.25, -0.2) is 4.98 Å². The number of anilines is 1. The van der Waals surface area contributed by atoms with E-state index in [4.69, 9.17) is 11.6 Å². The van der Waals surface area contributed by atoms with Gasteiger partial charge in [0.2, 0.25) is 0 Å². The second-order valence-electron chi connectivity index (χ2n) is 4.29. The van der Waals surface area contributed by atoms with Crippen LogP contribution in [0.5, 0.6) is 0 Å². The number of aliphatic hydroxyl groups is 1. The number of aliphatic hydroxyl groups excluding tert-OH is 1. The van der Waals surface area contributed by atoms with Gasteiger partial charge in [-0.3, -0.25) is 0 Å². The number of nitrogens with zero attached hydrogens (tertiary/aromatic N) is 1. The molecule has 1 fully saturated rings. The second-order valence-corrected chi connectivity index (χ2v) is 4.70. The summed E-state index contributed by atoms with van der Waals surface area (Å²) in [5, 5.41) is 13.8. The van der Waals surface area contributed by atoms with Gasteiger partial charge in [-0.2, -0.15) is 0 Å². The fourth-order valence-electron chi connectivity index (χ4n) is 2.12. The van der Waals surface area contributed by atoms with Crippen molar-refractivity contribution < 1.29 is 5.11 Å². The van der Waals surface area contributed by atoms with Gasteiger partial charge in [0.1, 0.15) is 5.82 Å². The van der Waals surface area contributed by atoms with E-state index < -0.39 is 0 Å². The Bertz CT molecular complexity index is 346. The van der Waals surface area contributed by atoms with Crippen molar-refractivity contribution in [2.24, 2.45) is 0 Å². The molecule has 2 unspecified atom stereocenters. The number of rotatable bonds is 2. The maximum Gasteiger partial charge on any atom is 0.145 e. The zero-order chi connectivity index (χ0) is 11.4. The molecule has 2 N–H and O–H groups in total. The highest BCUT2D eigenvalue weighted by Gasteiger charge is 2.22. The number of hydrogen-bond donors (Lipinski definition) is 2. The van der Waals surface area contributed by atoms with Crippen LogP contribution in [0.3, 0.4) is 0 Å². The van der Waals surface area contributed by atoms with E-state index in [1.807, 2.05) is 0 Å². The predicted octanol–water partition coefficient (Wildman–Crippen LogP) is 2.84. The molecule has 1 aromatic heterocycles. The fourth-order valence-corrected chi connectivity index (χ4v) is 2.30. The van der Waals surface area contributed by atoms with Gasteiger partial charge in [-0.15, -0.1) is 0 Å². The first-order valence-corrected chi connectivity index (χ1v) is 6.20. The summed E-state index contributed by atoms with van der Waals surface area (Å²) >= 11 is 6.03. The van der Waals surface area contributed by atoms with Crippen molar-refractivity contribution >= 4 is 17.4 Å². The fraction of sp³-hybridized carbons (Fsp3) is 0.583. The summed E-state index contributed by atoms with van der Waals surface area (Å²) in [5.41, 5.74) is 0. The molecule has 1 aromatic rings. The summed E-state index contributed by atoms with van der Waals surface area (Å²) in [6, 6.07) is 3.69. The maximum absolute atomic E-state index is 9.97. The lowest BCUT2D eigenvalue weighted by Gasteiger charge is -2.22. The summed E-state index contributed by atoms with van der Waals surface area (Å²) in [5.74, 6) is 0.676. The van der Waals surface area contributed by atoms with Crippen LogP contribution in [0.1, 0.15) is 32.1 Å². The average Bonchev–Trinajstić information content (AvgIpc) is 2.48. The molecule has 0 bridgehead atoms. The van der Waals surface area contributed by atoms with Crippen molar-refractivity contribution in [3.63, 3.8) is 0 Å². The standard InChI is InChI=1S/C12H17ClN2O/c13-9-5-4-8-14-12(9)15-10-6-2-1-3-7-11(10)16/h4-5,8,10-11,16H,1-3,6-7H2,(H,14,15). The van der Waals surface area contributed by atoms with Crippen LogP contribution in [0.4, 0.5) is 5.82 Å². The Hall–Kier alpha value is -0.800. The minimum absolute atomic E-state index is 0.0786. The highest BCUT2D eigenvalue weighted by molar-refractivity contribution is 6.32. The molecular weight excluding hydrogens is 224 g/mol. The molecule has 1 heterocycles. The van der Waals surface area contributed by atoms with Crippen molar-refractivity contribution in [2.45, 2.75) is 44.2 Å². The molecule has 1 saturated carbocycles. The minimum atomic E-state index is -0.291. The predicted molar refractivity (Wildman–Crippen MR) is 65.7 cm³/mol. The van der Waals surface area contributed by atoms with Gasteiger partial charge in [0.05, 0.1) is 17.2 Å². The Morgan fingerprint density at radius 2 is 2.12 bits per heavy atom. The molecule has 1 aliphatic carbocycles. The van der Waals surface area contributed by atoms with E-state index in [9.17, 15) is 5.11 Å². The van der Waals surface area contributed by atoms with E-state index in [2.05, 4.69) is 10.3 Å². The van der Waals surface area contributed by atoms with E-state index in [1.165, 1.54) is 6.42 Å². The quantitative estimate of drug-likeness (QED) is 0.782. The Balaban J connectivity index is 2.05. The minimum Gasteiger partial charge on any atom is -0.391 e. The van der Waals surface area contributed by atoms with Crippen LogP contribution in [0.25, 0.3) is 0 Å². The highest BCUT2D eigenvalue weighted by atomic mass is 35.5. The molecule has 0 spiro atoms. The molecule has 0 aliphatic heterocycles. The van der Waals surface area contributed by atoms with E-state index in [0.717, 1.165) is 25.7 Å². The monoisotopic (exact) mass is 240 g/mol. The van der Waals surface area contributed by atoms with Crippen molar-refractivity contribution in [1.29, 1.82) is 0 Å². The second kappa shape index (κ2) is 5.51. The molecule has 16 heavy (non-hydrogen) atoms. The molecule has 0 saturated heterocycles. The lowest BCUT2D eigenvalue weighted by molar-refractivity contribution is 0.144. The summed E-state index contributed by atoms with van der Waals surface area (Å²) in [6.45, 7) is 0. The first-order valence-electron chi connectivity index (χ1n) is 5.82. The van der Waals surface area contributed by atoms with Gasteiger partial charge in [0, 0.05) is 6.20 Å². The maximum atomic E-state index is 9.97. The highest BCUT2D eigenvalue weighted by Crippen LogP contribution is 2.24. The number of pyridine rings is 1. The number of hydrogen-bond acceptors (Lipinski definition) is 3. The largest absolute Gasteiger partial charge is 0.391 e. The Morgan fingerprint density at radius 1 is 1.31 bits per heavy atom. The van der Waals surface area contributed by atoms with E-state index in [0.29, 0.717) is 10.8 Å². The van der Waals surface area contributed by atoms with E-state index in [1.54, 1.807) is 18.3 Å². The van der Waals surface area contributed by atoms with Gasteiger partial charge in [-0.05, 0) is 25.0 Å². The molecule has 0 radical (unpaired) electrons. The van der Waals surface area contributed by atoms with Crippen LogP contribution in [0, 0.1) is 0 Å². The van der Waals surface area contributed by atoms with Gasteiger partial charge in [-0.1, -0.05) is 30.9 Å². The average molecular weight is 241 g/mol. The molecule has 4 heteroatoms. The smallest absolute Gasteiger partial charge is 0.145 e. The van der Waals surface area contributed by atoms with Gasteiger partial charge in [0.25, 0.3) is 0 Å². The van der Waals surface area contributed by atoms with Crippen molar-refractivity contribution in [1.82, 2.24) is 4.98 Å². The molecule has 2 rings (SSSR count). The molecule has 0 amide bonds. The summed E-state index contributed by atoms with van der Waals surface area (Å²) in [7, 11) is 0. The third-order valence-corrected chi connectivity index (χ3v) is 3.37. The van der Waals surface area contributed by atoms with Crippen LogP contribution in [-0.4, -0.2) is 22.2 Å². The number of aromatic nitrogens is 1. The Morgan fingerprint density at radius 3 is 2.94 bits per heavy atom. The number of nitrogens with one attached hydrogen (secondary N) is 1. The molecule has 3 nitrogen and oxygen atoms in total. The lowest BCUT2D eigenvalue weighted by Crippen LogP contribution is -2.32. The van der Waals surface area contributed by atoms with Crippen molar-refractivity contribution in [3.8, 4) is 0 Å². The molecule has 1 aliphatic rings. The Kier molecular flexibility index (Phi) is 4.02. The summed E-state index contributed by atoms with van der Waals surface area (Å²) < 4.78 is 0. The first kappa shape index (κ1) is 11.7.